The van der Waals surface area contributed by atoms with Crippen LogP contribution < -0.4 is 5.32 Å². The Kier molecular flexibility index (Phi) is 7.23. The fourth-order valence-electron chi connectivity index (χ4n) is 3.76. The first-order valence-electron chi connectivity index (χ1n) is 10.1. The molecule has 0 spiro atoms. The molecule has 1 aliphatic heterocycles. The highest BCUT2D eigenvalue weighted by atomic mass is 16.2. The van der Waals surface area contributed by atoms with Gasteiger partial charge in [0, 0.05) is 25.7 Å². The predicted octanol–water partition coefficient (Wildman–Crippen LogP) is 4.47. The SMILES string of the molecule is CCC(C(=O)N1CCC(NC/C=C/c2ccccc2)CC1)c1ccccc1. The van der Waals surface area contributed by atoms with Gasteiger partial charge in [-0.1, -0.05) is 79.7 Å². The van der Waals surface area contributed by atoms with Gasteiger partial charge in [0.05, 0.1) is 5.92 Å². The number of amides is 1. The van der Waals surface area contributed by atoms with Crippen molar-refractivity contribution in [2.75, 3.05) is 19.6 Å². The highest BCUT2D eigenvalue weighted by molar-refractivity contribution is 5.83. The zero-order valence-corrected chi connectivity index (χ0v) is 16.2. The minimum Gasteiger partial charge on any atom is -0.342 e. The molecule has 1 heterocycles. The predicted molar refractivity (Wildman–Crippen MR) is 113 cm³/mol. The maximum absolute atomic E-state index is 12.9. The largest absolute Gasteiger partial charge is 0.342 e. The number of likely N-dealkylation sites (tertiary alicyclic amines) is 1. The Bertz CT molecular complexity index is 719. The van der Waals surface area contributed by atoms with Gasteiger partial charge in [-0.15, -0.1) is 0 Å². The van der Waals surface area contributed by atoms with E-state index < -0.39 is 0 Å². The Morgan fingerprint density at radius 2 is 1.70 bits per heavy atom. The number of nitrogens with one attached hydrogen (secondary N) is 1. The van der Waals surface area contributed by atoms with Crippen molar-refractivity contribution in [2.24, 2.45) is 0 Å². The van der Waals surface area contributed by atoms with Crippen LogP contribution in [-0.4, -0.2) is 36.5 Å². The van der Waals surface area contributed by atoms with E-state index in [1.54, 1.807) is 0 Å². The molecule has 1 amide bonds. The first-order chi connectivity index (χ1) is 13.3. The smallest absolute Gasteiger partial charge is 0.230 e. The average molecular weight is 363 g/mol. The maximum atomic E-state index is 12.9. The number of hydrogen-bond donors (Lipinski definition) is 1. The lowest BCUT2D eigenvalue weighted by molar-refractivity contribution is -0.134. The van der Waals surface area contributed by atoms with Crippen molar-refractivity contribution in [1.82, 2.24) is 10.2 Å². The standard InChI is InChI=1S/C24H30N2O/c1-2-23(21-13-7-4-8-14-21)24(27)26-18-15-22(16-19-26)25-17-9-12-20-10-5-3-6-11-20/h3-14,22-23,25H,2,15-19H2,1H3/b12-9+. The Hall–Kier alpha value is -2.39. The first kappa shape index (κ1) is 19.4. The summed E-state index contributed by atoms with van der Waals surface area (Å²) >= 11 is 0. The van der Waals surface area contributed by atoms with Crippen LogP contribution in [0.5, 0.6) is 0 Å². The second kappa shape index (κ2) is 10.1. The summed E-state index contributed by atoms with van der Waals surface area (Å²) in [6.45, 7) is 4.67. The number of benzene rings is 2. The van der Waals surface area contributed by atoms with Gasteiger partial charge in [-0.2, -0.15) is 0 Å². The molecule has 1 unspecified atom stereocenters. The summed E-state index contributed by atoms with van der Waals surface area (Å²) in [5.41, 5.74) is 2.36. The van der Waals surface area contributed by atoms with Crippen molar-refractivity contribution in [1.29, 1.82) is 0 Å². The van der Waals surface area contributed by atoms with Crippen molar-refractivity contribution < 1.29 is 4.79 Å². The van der Waals surface area contributed by atoms with Crippen LogP contribution in [0, 0.1) is 0 Å². The summed E-state index contributed by atoms with van der Waals surface area (Å²) in [7, 11) is 0. The molecule has 3 heteroatoms. The van der Waals surface area contributed by atoms with Gasteiger partial charge in [0.2, 0.25) is 5.91 Å². The van der Waals surface area contributed by atoms with E-state index in [0.29, 0.717) is 6.04 Å². The van der Waals surface area contributed by atoms with E-state index in [0.717, 1.165) is 44.5 Å². The topological polar surface area (TPSA) is 32.3 Å². The maximum Gasteiger partial charge on any atom is 0.230 e. The second-order valence-corrected chi connectivity index (χ2v) is 7.19. The zero-order valence-electron chi connectivity index (χ0n) is 16.2. The van der Waals surface area contributed by atoms with Crippen molar-refractivity contribution >= 4 is 12.0 Å². The quantitative estimate of drug-likeness (QED) is 0.788. The lowest BCUT2D eigenvalue weighted by Crippen LogP contribution is -2.46. The molecule has 0 radical (unpaired) electrons. The van der Waals surface area contributed by atoms with Crippen LogP contribution in [0.25, 0.3) is 6.08 Å². The zero-order chi connectivity index (χ0) is 18.9. The first-order valence-corrected chi connectivity index (χ1v) is 10.1. The molecule has 0 saturated carbocycles. The van der Waals surface area contributed by atoms with Crippen molar-refractivity contribution in [3.63, 3.8) is 0 Å². The second-order valence-electron chi connectivity index (χ2n) is 7.19. The number of nitrogens with zero attached hydrogens (tertiary/aromatic N) is 1. The van der Waals surface area contributed by atoms with Gasteiger partial charge in [-0.3, -0.25) is 4.79 Å². The molecule has 142 valence electrons. The molecule has 2 aromatic carbocycles. The molecule has 0 aromatic heterocycles. The minimum atomic E-state index is -0.00971. The monoisotopic (exact) mass is 362 g/mol. The van der Waals surface area contributed by atoms with Crippen LogP contribution in [0.2, 0.25) is 0 Å². The lowest BCUT2D eigenvalue weighted by Gasteiger charge is -2.34. The van der Waals surface area contributed by atoms with Crippen LogP contribution in [0.3, 0.4) is 0 Å². The van der Waals surface area contributed by atoms with Gasteiger partial charge >= 0.3 is 0 Å². The van der Waals surface area contributed by atoms with E-state index in [1.165, 1.54) is 5.56 Å². The number of carbonyl (C=O) groups is 1. The van der Waals surface area contributed by atoms with Gasteiger partial charge in [0.25, 0.3) is 0 Å². The summed E-state index contributed by atoms with van der Waals surface area (Å²) in [5, 5.41) is 3.60. The molecule has 1 N–H and O–H groups in total. The third-order valence-electron chi connectivity index (χ3n) is 5.35. The van der Waals surface area contributed by atoms with Gasteiger partial charge in [0.15, 0.2) is 0 Å². The molecular formula is C24H30N2O. The van der Waals surface area contributed by atoms with Crippen LogP contribution in [0.4, 0.5) is 0 Å². The highest BCUT2D eigenvalue weighted by Crippen LogP contribution is 2.24. The Balaban J connectivity index is 1.44. The Morgan fingerprint density at radius 1 is 1.07 bits per heavy atom. The summed E-state index contributed by atoms with van der Waals surface area (Å²) in [6, 6.07) is 21.0. The van der Waals surface area contributed by atoms with E-state index in [9.17, 15) is 4.79 Å². The minimum absolute atomic E-state index is 0.00971. The van der Waals surface area contributed by atoms with Crippen molar-refractivity contribution in [3.05, 3.63) is 77.9 Å². The Labute approximate surface area is 163 Å². The summed E-state index contributed by atoms with van der Waals surface area (Å²) in [6.07, 6.45) is 7.23. The summed E-state index contributed by atoms with van der Waals surface area (Å²) in [5.74, 6) is 0.274. The summed E-state index contributed by atoms with van der Waals surface area (Å²) < 4.78 is 0. The molecule has 3 nitrogen and oxygen atoms in total. The van der Waals surface area contributed by atoms with E-state index in [-0.39, 0.29) is 11.8 Å². The number of piperidine rings is 1. The molecular weight excluding hydrogens is 332 g/mol. The van der Waals surface area contributed by atoms with Crippen LogP contribution >= 0.6 is 0 Å². The highest BCUT2D eigenvalue weighted by Gasteiger charge is 2.27. The number of carbonyl (C=O) groups excluding carboxylic acids is 1. The van der Waals surface area contributed by atoms with Gasteiger partial charge in [-0.25, -0.2) is 0 Å². The number of rotatable bonds is 7. The van der Waals surface area contributed by atoms with Crippen LogP contribution in [-0.2, 0) is 4.79 Å². The fraction of sp³-hybridized carbons (Fsp3) is 0.375. The Morgan fingerprint density at radius 3 is 2.33 bits per heavy atom. The molecule has 1 saturated heterocycles. The van der Waals surface area contributed by atoms with Gasteiger partial charge in [0.1, 0.15) is 0 Å². The molecule has 3 rings (SSSR count). The van der Waals surface area contributed by atoms with Crippen LogP contribution in [0.1, 0.15) is 43.2 Å². The van der Waals surface area contributed by atoms with E-state index >= 15 is 0 Å². The molecule has 0 aliphatic carbocycles. The number of hydrogen-bond acceptors (Lipinski definition) is 2. The molecule has 1 fully saturated rings. The van der Waals surface area contributed by atoms with E-state index in [2.05, 4.69) is 65.7 Å². The molecule has 1 aliphatic rings. The molecule has 2 aromatic rings. The fourth-order valence-corrected chi connectivity index (χ4v) is 3.76. The normalized spacial score (nSPS) is 16.6. The average Bonchev–Trinajstić information content (AvgIpc) is 2.74. The van der Waals surface area contributed by atoms with E-state index in [1.807, 2.05) is 24.3 Å². The third-order valence-corrected chi connectivity index (χ3v) is 5.35. The summed E-state index contributed by atoms with van der Waals surface area (Å²) in [4.78, 5) is 15.0. The lowest BCUT2D eigenvalue weighted by atomic mass is 9.93. The van der Waals surface area contributed by atoms with E-state index in [4.69, 9.17) is 0 Å². The van der Waals surface area contributed by atoms with Crippen molar-refractivity contribution in [2.45, 2.75) is 38.1 Å². The molecule has 0 bridgehead atoms. The van der Waals surface area contributed by atoms with Gasteiger partial charge in [-0.05, 0) is 30.4 Å². The van der Waals surface area contributed by atoms with Crippen molar-refractivity contribution in [3.8, 4) is 0 Å². The van der Waals surface area contributed by atoms with Gasteiger partial charge < -0.3 is 10.2 Å². The molecule has 1 atom stereocenters. The van der Waals surface area contributed by atoms with Crippen LogP contribution in [0.15, 0.2) is 66.7 Å². The third kappa shape index (κ3) is 5.54. The molecule has 27 heavy (non-hydrogen) atoms.